The molecular weight excluding hydrogens is 445 g/mol. The third-order valence-electron chi connectivity index (χ3n) is 4.70. The number of amides is 2. The summed E-state index contributed by atoms with van der Waals surface area (Å²) < 4.78 is 40.1. The van der Waals surface area contributed by atoms with Crippen LogP contribution in [0.25, 0.3) is 0 Å². The topological polar surface area (TPSA) is 104 Å². The highest BCUT2D eigenvalue weighted by Gasteiger charge is 2.14. The average molecular weight is 470 g/mol. The Labute approximate surface area is 192 Å². The second kappa shape index (κ2) is 11.2. The van der Waals surface area contributed by atoms with Crippen LogP contribution in [0.2, 0.25) is 0 Å². The van der Waals surface area contributed by atoms with Crippen LogP contribution in [0.15, 0.2) is 83.8 Å². The first-order valence-electron chi connectivity index (χ1n) is 10.3. The normalized spacial score (nSPS) is 10.9. The summed E-state index contributed by atoms with van der Waals surface area (Å²) in [6.07, 6.45) is 0.263. The largest absolute Gasteiger partial charge is 0.355 e. The summed E-state index contributed by atoms with van der Waals surface area (Å²) in [5, 5.41) is 5.49. The van der Waals surface area contributed by atoms with E-state index in [0.717, 1.165) is 17.7 Å². The Kier molecular flexibility index (Phi) is 8.15. The summed E-state index contributed by atoms with van der Waals surface area (Å²) in [5.74, 6) is -0.924. The predicted molar refractivity (Wildman–Crippen MR) is 123 cm³/mol. The van der Waals surface area contributed by atoms with Crippen LogP contribution < -0.4 is 15.4 Å². The van der Waals surface area contributed by atoms with Crippen LogP contribution in [0, 0.1) is 5.82 Å². The van der Waals surface area contributed by atoms with Crippen molar-refractivity contribution < 1.29 is 22.4 Å². The lowest BCUT2D eigenvalue weighted by molar-refractivity contribution is -0.122. The Morgan fingerprint density at radius 3 is 2.09 bits per heavy atom. The molecule has 0 aromatic heterocycles. The highest BCUT2D eigenvalue weighted by molar-refractivity contribution is 7.92. The molecule has 0 unspecified atom stereocenters. The molecule has 3 aromatic rings. The van der Waals surface area contributed by atoms with E-state index in [0.29, 0.717) is 17.8 Å². The van der Waals surface area contributed by atoms with Gasteiger partial charge in [0.1, 0.15) is 5.82 Å². The number of hydrogen-bond donors (Lipinski definition) is 3. The molecule has 3 aromatic carbocycles. The van der Waals surface area contributed by atoms with Crippen LogP contribution in [0.4, 0.5) is 10.1 Å². The third-order valence-corrected chi connectivity index (χ3v) is 6.10. The van der Waals surface area contributed by atoms with Gasteiger partial charge in [0.05, 0.1) is 11.3 Å². The van der Waals surface area contributed by atoms with Gasteiger partial charge >= 0.3 is 0 Å². The van der Waals surface area contributed by atoms with Crippen molar-refractivity contribution in [3.63, 3.8) is 0 Å². The smallest absolute Gasteiger partial charge is 0.261 e. The molecule has 9 heteroatoms. The number of carbonyl (C=O) groups excluding carboxylic acids is 2. The minimum Gasteiger partial charge on any atom is -0.355 e. The van der Waals surface area contributed by atoms with Crippen LogP contribution in [0.1, 0.15) is 17.5 Å². The Balaban J connectivity index is 1.41. The molecule has 0 radical (unpaired) electrons. The van der Waals surface area contributed by atoms with Crippen LogP contribution in [-0.2, 0) is 32.6 Å². The van der Waals surface area contributed by atoms with Gasteiger partial charge in [-0.15, -0.1) is 0 Å². The van der Waals surface area contributed by atoms with Gasteiger partial charge in [0.15, 0.2) is 0 Å². The molecule has 0 bridgehead atoms. The van der Waals surface area contributed by atoms with Crippen molar-refractivity contribution in [2.24, 2.45) is 0 Å². The fourth-order valence-corrected chi connectivity index (χ4v) is 4.03. The molecule has 2 amide bonds. The van der Waals surface area contributed by atoms with Crippen molar-refractivity contribution in [2.45, 2.75) is 24.3 Å². The summed E-state index contributed by atoms with van der Waals surface area (Å²) in [6, 6.07) is 20.4. The number of hydrogen-bond acceptors (Lipinski definition) is 4. The summed E-state index contributed by atoms with van der Waals surface area (Å²) in [4.78, 5) is 23.9. The zero-order chi connectivity index (χ0) is 23.7. The van der Waals surface area contributed by atoms with Gasteiger partial charge in [-0.3, -0.25) is 14.3 Å². The SMILES string of the molecule is O=C(CCNC(=O)Cc1ccc(NS(=O)(=O)c2ccc(F)cc2)cc1)NCc1ccccc1. The molecular formula is C24H24FN3O4S. The van der Waals surface area contributed by atoms with E-state index in [9.17, 15) is 22.4 Å². The van der Waals surface area contributed by atoms with Gasteiger partial charge in [0, 0.05) is 25.2 Å². The maximum absolute atomic E-state index is 13.0. The molecule has 0 aliphatic heterocycles. The molecule has 3 N–H and O–H groups in total. The first-order valence-corrected chi connectivity index (χ1v) is 11.7. The van der Waals surface area contributed by atoms with Gasteiger partial charge in [-0.25, -0.2) is 12.8 Å². The second-order valence-electron chi connectivity index (χ2n) is 7.30. The van der Waals surface area contributed by atoms with Gasteiger partial charge in [-0.05, 0) is 47.5 Å². The first-order chi connectivity index (χ1) is 15.8. The summed E-state index contributed by atoms with van der Waals surface area (Å²) in [5.41, 5.74) is 2.00. The van der Waals surface area contributed by atoms with Crippen LogP contribution in [0.3, 0.4) is 0 Å². The lowest BCUT2D eigenvalue weighted by Crippen LogP contribution is -2.31. The molecule has 0 spiro atoms. The van der Waals surface area contributed by atoms with Crippen LogP contribution in [-0.4, -0.2) is 26.8 Å². The highest BCUT2D eigenvalue weighted by Crippen LogP contribution is 2.17. The standard InChI is InChI=1S/C24H24FN3O4S/c25-20-8-12-22(13-9-20)33(31,32)28-21-10-6-18(7-11-21)16-24(30)26-15-14-23(29)27-17-19-4-2-1-3-5-19/h1-13,28H,14-17H2,(H,26,30)(H,27,29). The minimum atomic E-state index is -3.84. The molecule has 3 rings (SSSR count). The van der Waals surface area contributed by atoms with E-state index in [1.165, 1.54) is 12.1 Å². The lowest BCUT2D eigenvalue weighted by atomic mass is 10.1. The molecule has 0 atom stereocenters. The van der Waals surface area contributed by atoms with E-state index < -0.39 is 15.8 Å². The number of benzene rings is 3. The van der Waals surface area contributed by atoms with Crippen molar-refractivity contribution in [2.75, 3.05) is 11.3 Å². The minimum absolute atomic E-state index is 0.0554. The molecule has 0 aliphatic rings. The van der Waals surface area contributed by atoms with Gasteiger partial charge < -0.3 is 10.6 Å². The number of anilines is 1. The first kappa shape index (κ1) is 23.9. The summed E-state index contributed by atoms with van der Waals surface area (Å²) in [6.45, 7) is 0.653. The molecule has 0 aliphatic carbocycles. The summed E-state index contributed by atoms with van der Waals surface area (Å²) >= 11 is 0. The predicted octanol–water partition coefficient (Wildman–Crippen LogP) is 2.99. The van der Waals surface area contributed by atoms with Gasteiger partial charge in [-0.1, -0.05) is 42.5 Å². The number of rotatable bonds is 10. The Morgan fingerprint density at radius 2 is 1.42 bits per heavy atom. The second-order valence-corrected chi connectivity index (χ2v) is 8.98. The van der Waals surface area contributed by atoms with E-state index in [4.69, 9.17) is 0 Å². The van der Waals surface area contributed by atoms with Crippen molar-refractivity contribution >= 4 is 27.5 Å². The zero-order valence-corrected chi connectivity index (χ0v) is 18.6. The third kappa shape index (κ3) is 7.73. The Hall–Kier alpha value is -3.72. The molecule has 33 heavy (non-hydrogen) atoms. The molecule has 0 fully saturated rings. The molecule has 0 saturated heterocycles. The zero-order valence-electron chi connectivity index (χ0n) is 17.8. The van der Waals surface area contributed by atoms with Crippen LogP contribution in [0.5, 0.6) is 0 Å². The fraction of sp³-hybridized carbons (Fsp3) is 0.167. The average Bonchev–Trinajstić information content (AvgIpc) is 2.80. The van der Waals surface area contributed by atoms with E-state index in [1.807, 2.05) is 30.3 Å². The monoisotopic (exact) mass is 469 g/mol. The lowest BCUT2D eigenvalue weighted by Gasteiger charge is -2.09. The van der Waals surface area contributed by atoms with Gasteiger partial charge in [0.2, 0.25) is 11.8 Å². The van der Waals surface area contributed by atoms with Gasteiger partial charge in [0.25, 0.3) is 10.0 Å². The Bertz CT molecular complexity index is 1180. The fourth-order valence-electron chi connectivity index (χ4n) is 2.97. The van der Waals surface area contributed by atoms with Gasteiger partial charge in [-0.2, -0.15) is 0 Å². The summed E-state index contributed by atoms with van der Waals surface area (Å²) in [7, 11) is -3.84. The molecule has 172 valence electrons. The highest BCUT2D eigenvalue weighted by atomic mass is 32.2. The molecule has 7 nitrogen and oxygen atoms in total. The number of sulfonamides is 1. The maximum atomic E-state index is 13.0. The number of halogens is 1. The molecule has 0 heterocycles. The Morgan fingerprint density at radius 1 is 0.758 bits per heavy atom. The van der Waals surface area contributed by atoms with Crippen molar-refractivity contribution in [1.82, 2.24) is 10.6 Å². The number of nitrogens with one attached hydrogen (secondary N) is 3. The van der Waals surface area contributed by atoms with E-state index in [-0.39, 0.29) is 36.1 Å². The van der Waals surface area contributed by atoms with Crippen molar-refractivity contribution in [3.05, 3.63) is 95.8 Å². The van der Waals surface area contributed by atoms with Crippen LogP contribution >= 0.6 is 0 Å². The van der Waals surface area contributed by atoms with E-state index in [1.54, 1.807) is 24.3 Å². The van der Waals surface area contributed by atoms with Crippen molar-refractivity contribution in [1.29, 1.82) is 0 Å². The number of carbonyl (C=O) groups is 2. The van der Waals surface area contributed by atoms with Crippen molar-refractivity contribution in [3.8, 4) is 0 Å². The van der Waals surface area contributed by atoms with E-state index >= 15 is 0 Å². The maximum Gasteiger partial charge on any atom is 0.261 e. The van der Waals surface area contributed by atoms with E-state index in [2.05, 4.69) is 15.4 Å². The quantitative estimate of drug-likeness (QED) is 0.425. The molecule has 0 saturated carbocycles.